The van der Waals surface area contributed by atoms with Gasteiger partial charge in [-0.1, -0.05) is 0 Å². The molecule has 0 aliphatic carbocycles. The third kappa shape index (κ3) is 2.86. The van der Waals surface area contributed by atoms with Gasteiger partial charge in [-0.2, -0.15) is 0 Å². The Hall–Kier alpha value is -2.87. The minimum absolute atomic E-state index is 0.0738. The van der Waals surface area contributed by atoms with E-state index in [0.717, 1.165) is 17.5 Å². The van der Waals surface area contributed by atoms with E-state index in [2.05, 4.69) is 9.97 Å². The van der Waals surface area contributed by atoms with Crippen molar-refractivity contribution in [3.8, 4) is 11.5 Å². The first-order valence-corrected chi connectivity index (χ1v) is 9.35. The van der Waals surface area contributed by atoms with Crippen LogP contribution in [0.15, 0.2) is 23.3 Å². The van der Waals surface area contributed by atoms with Crippen molar-refractivity contribution in [2.75, 3.05) is 20.8 Å². The number of nitrogens with one attached hydrogen (secondary N) is 1. The van der Waals surface area contributed by atoms with Gasteiger partial charge in [-0.05, 0) is 42.2 Å². The summed E-state index contributed by atoms with van der Waals surface area (Å²) in [7, 11) is 3.21. The highest BCUT2D eigenvalue weighted by atomic mass is 32.1. The average Bonchev–Trinajstić information content (AvgIpc) is 3.03. The van der Waals surface area contributed by atoms with Gasteiger partial charge in [-0.15, -0.1) is 11.3 Å². The molecule has 27 heavy (non-hydrogen) atoms. The van der Waals surface area contributed by atoms with Crippen molar-refractivity contribution in [2.24, 2.45) is 0 Å². The van der Waals surface area contributed by atoms with E-state index in [1.54, 1.807) is 26.0 Å². The van der Waals surface area contributed by atoms with Crippen molar-refractivity contribution in [1.29, 1.82) is 0 Å². The van der Waals surface area contributed by atoms with Crippen LogP contribution < -0.4 is 15.0 Å². The van der Waals surface area contributed by atoms with Crippen LogP contribution in [-0.4, -0.2) is 41.5 Å². The zero-order valence-corrected chi connectivity index (χ0v) is 16.1. The number of hydrogen-bond acceptors (Lipinski definition) is 6. The second kappa shape index (κ2) is 6.70. The summed E-state index contributed by atoms with van der Waals surface area (Å²) < 4.78 is 10.7. The normalized spacial score (nSPS) is 13.5. The number of nitrogens with zero attached hydrogens (tertiary/aromatic N) is 2. The van der Waals surface area contributed by atoms with Gasteiger partial charge in [0.1, 0.15) is 4.83 Å². The largest absolute Gasteiger partial charge is 0.493 e. The third-order valence-electron chi connectivity index (χ3n) is 4.93. The molecule has 0 saturated heterocycles. The average molecular weight is 385 g/mol. The predicted octanol–water partition coefficient (Wildman–Crippen LogP) is 2.51. The molecule has 1 amide bonds. The number of amides is 1. The summed E-state index contributed by atoms with van der Waals surface area (Å²) in [5.74, 6) is 1.27. The molecule has 0 bridgehead atoms. The molecule has 1 aliphatic rings. The van der Waals surface area contributed by atoms with E-state index >= 15 is 0 Å². The van der Waals surface area contributed by atoms with Crippen LogP contribution in [0, 0.1) is 6.92 Å². The van der Waals surface area contributed by atoms with Gasteiger partial charge in [0, 0.05) is 13.1 Å². The Morgan fingerprint density at radius 1 is 1.22 bits per heavy atom. The first-order chi connectivity index (χ1) is 13.0. The van der Waals surface area contributed by atoms with Gasteiger partial charge < -0.3 is 19.4 Å². The summed E-state index contributed by atoms with van der Waals surface area (Å²) in [4.78, 5) is 34.9. The molecule has 3 aromatic rings. The molecule has 4 rings (SSSR count). The van der Waals surface area contributed by atoms with Gasteiger partial charge >= 0.3 is 0 Å². The number of aromatic nitrogens is 2. The maximum absolute atomic E-state index is 13.1. The van der Waals surface area contributed by atoms with Gasteiger partial charge in [-0.25, -0.2) is 4.98 Å². The van der Waals surface area contributed by atoms with Crippen molar-refractivity contribution in [3.63, 3.8) is 0 Å². The fourth-order valence-corrected chi connectivity index (χ4v) is 4.60. The summed E-state index contributed by atoms with van der Waals surface area (Å²) in [6.07, 6.45) is 2.11. The maximum Gasteiger partial charge on any atom is 0.264 e. The maximum atomic E-state index is 13.1. The molecule has 1 aromatic carbocycles. The number of rotatable bonds is 3. The van der Waals surface area contributed by atoms with E-state index in [1.165, 1.54) is 17.7 Å². The van der Waals surface area contributed by atoms with Crippen LogP contribution in [0.4, 0.5) is 0 Å². The van der Waals surface area contributed by atoms with Gasteiger partial charge in [0.25, 0.3) is 11.5 Å². The molecule has 3 heterocycles. The number of benzene rings is 1. The van der Waals surface area contributed by atoms with E-state index in [9.17, 15) is 9.59 Å². The highest BCUT2D eigenvalue weighted by Gasteiger charge is 2.27. The number of methoxy groups -OCH3 is 2. The Bertz CT molecular complexity index is 1100. The number of thiophene rings is 1. The fraction of sp³-hybridized carbons (Fsp3) is 0.316. The molecular formula is C19H19N3O4S. The second-order valence-electron chi connectivity index (χ2n) is 6.42. The molecular weight excluding hydrogens is 366 g/mol. The molecule has 0 radical (unpaired) electrons. The van der Waals surface area contributed by atoms with Crippen LogP contribution in [0.3, 0.4) is 0 Å². The van der Waals surface area contributed by atoms with E-state index in [-0.39, 0.29) is 11.5 Å². The van der Waals surface area contributed by atoms with E-state index in [4.69, 9.17) is 9.47 Å². The molecule has 1 aliphatic heterocycles. The molecule has 0 fully saturated rings. The van der Waals surface area contributed by atoms with Crippen LogP contribution in [0.5, 0.6) is 11.5 Å². The summed E-state index contributed by atoms with van der Waals surface area (Å²) in [5.41, 5.74) is 2.67. The molecule has 8 heteroatoms. The Kier molecular flexibility index (Phi) is 4.35. The summed E-state index contributed by atoms with van der Waals surface area (Å²) in [6, 6.07) is 3.90. The Morgan fingerprint density at radius 2 is 1.93 bits per heavy atom. The van der Waals surface area contributed by atoms with Gasteiger partial charge in [0.15, 0.2) is 11.5 Å². The fourth-order valence-electron chi connectivity index (χ4n) is 3.48. The lowest BCUT2D eigenvalue weighted by Gasteiger charge is -2.29. The number of fused-ring (bicyclic) bond motifs is 2. The van der Waals surface area contributed by atoms with Crippen LogP contribution in [0.2, 0.25) is 0 Å². The lowest BCUT2D eigenvalue weighted by atomic mass is 9.98. The monoisotopic (exact) mass is 385 g/mol. The third-order valence-corrected chi connectivity index (χ3v) is 6.12. The topological polar surface area (TPSA) is 84.5 Å². The van der Waals surface area contributed by atoms with E-state index in [0.29, 0.717) is 45.2 Å². The quantitative estimate of drug-likeness (QED) is 0.749. The van der Waals surface area contributed by atoms with Crippen molar-refractivity contribution < 1.29 is 14.3 Å². The summed E-state index contributed by atoms with van der Waals surface area (Å²) in [6.45, 7) is 2.90. The highest BCUT2D eigenvalue weighted by Crippen LogP contribution is 2.34. The Morgan fingerprint density at radius 3 is 2.59 bits per heavy atom. The van der Waals surface area contributed by atoms with Gasteiger partial charge in [0.2, 0.25) is 0 Å². The second-order valence-corrected chi connectivity index (χ2v) is 7.42. The summed E-state index contributed by atoms with van der Waals surface area (Å²) >= 11 is 1.27. The lowest BCUT2D eigenvalue weighted by molar-refractivity contribution is 0.0739. The van der Waals surface area contributed by atoms with Gasteiger partial charge in [-0.3, -0.25) is 9.59 Å². The van der Waals surface area contributed by atoms with E-state index in [1.807, 2.05) is 12.1 Å². The molecule has 7 nitrogen and oxygen atoms in total. The SMILES string of the molecule is COc1cc2c(cc1OC)CN(C(=O)c1sc3nc[nH]c(=O)c3c1C)CC2. The van der Waals surface area contributed by atoms with Crippen molar-refractivity contribution in [1.82, 2.24) is 14.9 Å². The number of H-pyrrole nitrogens is 1. The molecule has 2 aromatic heterocycles. The zero-order chi connectivity index (χ0) is 19.1. The smallest absolute Gasteiger partial charge is 0.264 e. The number of aryl methyl sites for hydroxylation is 1. The van der Waals surface area contributed by atoms with Crippen molar-refractivity contribution >= 4 is 27.5 Å². The van der Waals surface area contributed by atoms with Crippen LogP contribution in [0.1, 0.15) is 26.4 Å². The number of aromatic amines is 1. The molecule has 0 atom stereocenters. The molecule has 0 saturated carbocycles. The van der Waals surface area contributed by atoms with Crippen molar-refractivity contribution in [2.45, 2.75) is 19.9 Å². The van der Waals surface area contributed by atoms with E-state index < -0.39 is 0 Å². The number of hydrogen-bond donors (Lipinski definition) is 1. The van der Waals surface area contributed by atoms with Crippen molar-refractivity contribution in [3.05, 3.63) is 50.4 Å². The minimum atomic E-state index is -0.214. The molecule has 140 valence electrons. The minimum Gasteiger partial charge on any atom is -0.493 e. The highest BCUT2D eigenvalue weighted by molar-refractivity contribution is 7.20. The Labute approximate surface area is 159 Å². The predicted molar refractivity (Wildman–Crippen MR) is 103 cm³/mol. The van der Waals surface area contributed by atoms with Crippen LogP contribution >= 0.6 is 11.3 Å². The van der Waals surface area contributed by atoms with Crippen LogP contribution in [0.25, 0.3) is 10.2 Å². The number of carbonyl (C=O) groups is 1. The first kappa shape index (κ1) is 17.5. The lowest BCUT2D eigenvalue weighted by Crippen LogP contribution is -2.35. The Balaban J connectivity index is 1.68. The standard InChI is InChI=1S/C19H19N3O4S/c1-10-15-17(23)20-9-21-18(15)27-16(10)19(24)22-5-4-11-6-13(25-2)14(26-3)7-12(11)8-22/h6-7,9H,4-5,8H2,1-3H3,(H,20,21,23). The number of carbonyl (C=O) groups excluding carboxylic acids is 1. The molecule has 0 spiro atoms. The van der Waals surface area contributed by atoms with Crippen LogP contribution in [-0.2, 0) is 13.0 Å². The number of ether oxygens (including phenoxy) is 2. The molecule has 1 N–H and O–H groups in total. The van der Waals surface area contributed by atoms with Gasteiger partial charge in [0.05, 0.1) is 30.8 Å². The zero-order valence-electron chi connectivity index (χ0n) is 15.3. The first-order valence-electron chi connectivity index (χ1n) is 8.53. The summed E-state index contributed by atoms with van der Waals surface area (Å²) in [5, 5.41) is 0.495. The molecule has 0 unspecified atom stereocenters.